The lowest BCUT2D eigenvalue weighted by Crippen LogP contribution is -2.55. The van der Waals surface area contributed by atoms with Gasteiger partial charge in [-0.25, -0.2) is 4.39 Å². The fourth-order valence-corrected chi connectivity index (χ4v) is 3.92. The van der Waals surface area contributed by atoms with E-state index in [9.17, 15) is 9.18 Å². The molecule has 0 atom stereocenters. The summed E-state index contributed by atoms with van der Waals surface area (Å²) in [5.41, 5.74) is 0.893. The number of aliphatic imine (C=N–C) groups is 1. The largest absolute Gasteiger partial charge is 0.378 e. The Bertz CT molecular complexity index is 734. The number of nitrogens with zero attached hydrogens (tertiary/aromatic N) is 4. The monoisotopic (exact) mass is 439 g/mol. The van der Waals surface area contributed by atoms with Crippen LogP contribution in [-0.4, -0.2) is 98.7 Å². The lowest BCUT2D eigenvalue weighted by Gasteiger charge is -2.37. The van der Waals surface area contributed by atoms with Gasteiger partial charge in [0.25, 0.3) is 0 Å². The summed E-state index contributed by atoms with van der Waals surface area (Å²) >= 11 is 6.11. The van der Waals surface area contributed by atoms with E-state index in [2.05, 4.69) is 15.1 Å². The Morgan fingerprint density at radius 2 is 1.90 bits per heavy atom. The molecule has 0 bridgehead atoms. The molecular weight excluding hydrogens is 409 g/mol. The highest BCUT2D eigenvalue weighted by atomic mass is 35.5. The van der Waals surface area contributed by atoms with Crippen LogP contribution >= 0.6 is 11.6 Å². The van der Waals surface area contributed by atoms with E-state index in [0.717, 1.165) is 44.2 Å². The Kier molecular flexibility index (Phi) is 8.72. The van der Waals surface area contributed by atoms with Gasteiger partial charge < -0.3 is 19.9 Å². The number of benzene rings is 1. The third-order valence-corrected chi connectivity index (χ3v) is 5.74. The number of hydrogen-bond acceptors (Lipinski definition) is 4. The van der Waals surface area contributed by atoms with Gasteiger partial charge in [0.2, 0.25) is 5.91 Å². The van der Waals surface area contributed by atoms with Crippen LogP contribution in [0.2, 0.25) is 5.02 Å². The van der Waals surface area contributed by atoms with Crippen LogP contribution in [0.1, 0.15) is 12.5 Å². The fraction of sp³-hybridized carbons (Fsp3) is 0.619. The lowest BCUT2D eigenvalue weighted by molar-refractivity contribution is -0.136. The number of carbonyl (C=O) groups is 1. The molecule has 1 aromatic rings. The maximum atomic E-state index is 13.2. The summed E-state index contributed by atoms with van der Waals surface area (Å²) in [7, 11) is 0. The smallest absolute Gasteiger partial charge is 0.236 e. The molecule has 166 valence electrons. The van der Waals surface area contributed by atoms with Crippen molar-refractivity contribution in [3.8, 4) is 0 Å². The lowest BCUT2D eigenvalue weighted by atomic mass is 10.1. The zero-order valence-electron chi connectivity index (χ0n) is 17.6. The highest BCUT2D eigenvalue weighted by molar-refractivity contribution is 6.31. The van der Waals surface area contributed by atoms with E-state index in [1.807, 2.05) is 11.8 Å². The molecular formula is C21H31ClFN5O2. The molecule has 0 spiro atoms. The first-order valence-electron chi connectivity index (χ1n) is 10.6. The summed E-state index contributed by atoms with van der Waals surface area (Å²) < 4.78 is 18.5. The van der Waals surface area contributed by atoms with E-state index >= 15 is 0 Å². The van der Waals surface area contributed by atoms with Gasteiger partial charge in [-0.05, 0) is 31.0 Å². The number of halogens is 2. The highest BCUT2D eigenvalue weighted by Gasteiger charge is 2.24. The van der Waals surface area contributed by atoms with Crippen molar-refractivity contribution in [2.75, 3.05) is 72.1 Å². The number of rotatable bonds is 6. The third-order valence-electron chi connectivity index (χ3n) is 5.39. The number of hydrogen-bond donors (Lipinski definition) is 1. The maximum Gasteiger partial charge on any atom is 0.236 e. The second-order valence-electron chi connectivity index (χ2n) is 7.48. The molecule has 1 amide bonds. The molecule has 1 N–H and O–H groups in total. The average Bonchev–Trinajstić information content (AvgIpc) is 2.76. The molecule has 2 aliphatic rings. The molecule has 9 heteroatoms. The second kappa shape index (κ2) is 11.5. The first kappa shape index (κ1) is 22.8. The molecule has 0 saturated carbocycles. The number of amides is 1. The van der Waals surface area contributed by atoms with Crippen molar-refractivity contribution in [2.24, 2.45) is 4.99 Å². The Labute approximate surface area is 182 Å². The number of piperazine rings is 1. The van der Waals surface area contributed by atoms with Gasteiger partial charge in [0, 0.05) is 57.4 Å². The minimum absolute atomic E-state index is 0.184. The van der Waals surface area contributed by atoms with Crippen molar-refractivity contribution in [3.63, 3.8) is 0 Å². The van der Waals surface area contributed by atoms with E-state index in [1.165, 1.54) is 12.1 Å². The number of guanidine groups is 1. The zero-order valence-corrected chi connectivity index (χ0v) is 18.3. The SMILES string of the molecule is CCNC(=NCCc1ccc(F)cc1Cl)N1CCN(CC(=O)N2CCOCC2)CC1. The number of carbonyl (C=O) groups excluding carboxylic acids is 1. The first-order valence-corrected chi connectivity index (χ1v) is 11.0. The average molecular weight is 440 g/mol. The van der Waals surface area contributed by atoms with E-state index in [4.69, 9.17) is 21.3 Å². The van der Waals surface area contributed by atoms with Crippen LogP contribution in [0.25, 0.3) is 0 Å². The first-order chi connectivity index (χ1) is 14.6. The van der Waals surface area contributed by atoms with E-state index in [1.54, 1.807) is 6.07 Å². The Morgan fingerprint density at radius 1 is 1.17 bits per heavy atom. The van der Waals surface area contributed by atoms with Gasteiger partial charge in [0.05, 0.1) is 19.8 Å². The van der Waals surface area contributed by atoms with Crippen molar-refractivity contribution >= 4 is 23.5 Å². The molecule has 0 aliphatic carbocycles. The minimum Gasteiger partial charge on any atom is -0.378 e. The zero-order chi connectivity index (χ0) is 21.3. The Hall–Kier alpha value is -1.90. The van der Waals surface area contributed by atoms with Crippen molar-refractivity contribution in [1.29, 1.82) is 0 Å². The fourth-order valence-electron chi connectivity index (χ4n) is 3.65. The summed E-state index contributed by atoms with van der Waals surface area (Å²) in [6.45, 7) is 9.79. The van der Waals surface area contributed by atoms with Crippen molar-refractivity contribution in [3.05, 3.63) is 34.6 Å². The molecule has 0 unspecified atom stereocenters. The third kappa shape index (κ3) is 6.55. The topological polar surface area (TPSA) is 60.4 Å². The van der Waals surface area contributed by atoms with Gasteiger partial charge in [0.15, 0.2) is 5.96 Å². The molecule has 2 fully saturated rings. The molecule has 2 heterocycles. The van der Waals surface area contributed by atoms with Gasteiger partial charge in [-0.15, -0.1) is 0 Å². The van der Waals surface area contributed by atoms with Crippen LogP contribution in [0.3, 0.4) is 0 Å². The van der Waals surface area contributed by atoms with Gasteiger partial charge in [0.1, 0.15) is 5.82 Å². The van der Waals surface area contributed by atoms with E-state index in [-0.39, 0.29) is 11.7 Å². The molecule has 3 rings (SSSR count). The maximum absolute atomic E-state index is 13.2. The van der Waals surface area contributed by atoms with E-state index < -0.39 is 0 Å². The van der Waals surface area contributed by atoms with E-state index in [0.29, 0.717) is 50.8 Å². The summed E-state index contributed by atoms with van der Waals surface area (Å²) in [6.07, 6.45) is 0.655. The summed E-state index contributed by atoms with van der Waals surface area (Å²) in [5, 5.41) is 3.78. The van der Waals surface area contributed by atoms with Crippen LogP contribution < -0.4 is 5.32 Å². The van der Waals surface area contributed by atoms with Crippen LogP contribution in [0, 0.1) is 5.82 Å². The highest BCUT2D eigenvalue weighted by Crippen LogP contribution is 2.17. The van der Waals surface area contributed by atoms with Gasteiger partial charge in [-0.1, -0.05) is 17.7 Å². The predicted octanol–water partition coefficient (Wildman–Crippen LogP) is 1.46. The second-order valence-corrected chi connectivity index (χ2v) is 7.88. The minimum atomic E-state index is -0.328. The summed E-state index contributed by atoms with van der Waals surface area (Å²) in [4.78, 5) is 23.5. The van der Waals surface area contributed by atoms with Gasteiger partial charge >= 0.3 is 0 Å². The van der Waals surface area contributed by atoms with Crippen molar-refractivity contribution in [2.45, 2.75) is 13.3 Å². The van der Waals surface area contributed by atoms with Crippen LogP contribution in [-0.2, 0) is 16.0 Å². The van der Waals surface area contributed by atoms with Gasteiger partial charge in [-0.2, -0.15) is 0 Å². The Morgan fingerprint density at radius 3 is 2.57 bits per heavy atom. The molecule has 1 aromatic carbocycles. The molecule has 2 aliphatic heterocycles. The molecule has 0 radical (unpaired) electrons. The van der Waals surface area contributed by atoms with Crippen molar-refractivity contribution in [1.82, 2.24) is 20.0 Å². The molecule has 2 saturated heterocycles. The molecule has 0 aromatic heterocycles. The van der Waals surface area contributed by atoms with Crippen LogP contribution in [0.15, 0.2) is 23.2 Å². The normalized spacial score (nSPS) is 18.6. The number of nitrogens with one attached hydrogen (secondary N) is 1. The quantitative estimate of drug-likeness (QED) is 0.537. The standard InChI is InChI=1S/C21H31ClFN5O2/c1-2-24-21(25-6-5-17-3-4-18(23)15-19(17)22)28-9-7-26(8-10-28)16-20(29)27-11-13-30-14-12-27/h3-4,15H,2,5-14,16H2,1H3,(H,24,25). The number of ether oxygens (including phenoxy) is 1. The number of morpholine rings is 1. The van der Waals surface area contributed by atoms with Gasteiger partial charge in [-0.3, -0.25) is 14.7 Å². The van der Waals surface area contributed by atoms with Crippen LogP contribution in [0.4, 0.5) is 4.39 Å². The summed E-state index contributed by atoms with van der Waals surface area (Å²) in [5.74, 6) is 0.726. The predicted molar refractivity (Wildman–Crippen MR) is 117 cm³/mol. The molecule has 30 heavy (non-hydrogen) atoms. The van der Waals surface area contributed by atoms with Crippen LogP contribution in [0.5, 0.6) is 0 Å². The summed E-state index contributed by atoms with van der Waals surface area (Å²) in [6, 6.07) is 4.47. The van der Waals surface area contributed by atoms with Crippen molar-refractivity contribution < 1.29 is 13.9 Å². The molecule has 7 nitrogen and oxygen atoms in total. The Balaban J connectivity index is 1.48.